The quantitative estimate of drug-likeness (QED) is 0.479. The third-order valence-corrected chi connectivity index (χ3v) is 2.01. The van der Waals surface area contributed by atoms with Crippen molar-refractivity contribution in [2.75, 3.05) is 7.11 Å². The van der Waals surface area contributed by atoms with Gasteiger partial charge in [0.25, 0.3) is 0 Å². The summed E-state index contributed by atoms with van der Waals surface area (Å²) in [7, 11) is 1.28. The number of phenolic OH excluding ortho intramolecular Hbond substituents is 1. The van der Waals surface area contributed by atoms with E-state index < -0.39 is 5.97 Å². The number of Topliss-reactive ketones (excluding diaryl/α,β-unsaturated/α-hetero) is 1. The van der Waals surface area contributed by atoms with Crippen molar-refractivity contribution in [3.63, 3.8) is 0 Å². The molecule has 0 aromatic heterocycles. The Morgan fingerprint density at radius 3 is 2.62 bits per heavy atom. The first kappa shape index (κ1) is 12.0. The molecule has 0 aliphatic carbocycles. The van der Waals surface area contributed by atoms with Crippen molar-refractivity contribution in [2.24, 2.45) is 0 Å². The number of ketones is 1. The number of carbonyl (C=O) groups excluding carboxylic acids is 2. The number of methoxy groups -OCH3 is 1. The second-order valence-electron chi connectivity index (χ2n) is 3.19. The molecule has 0 atom stereocenters. The van der Waals surface area contributed by atoms with Gasteiger partial charge in [0.1, 0.15) is 5.75 Å². The van der Waals surface area contributed by atoms with Crippen molar-refractivity contribution in [2.45, 2.75) is 6.92 Å². The van der Waals surface area contributed by atoms with E-state index in [1.165, 1.54) is 38.3 Å². The highest BCUT2D eigenvalue weighted by molar-refractivity contribution is 5.97. The zero-order valence-electron chi connectivity index (χ0n) is 9.06. The number of phenols is 1. The van der Waals surface area contributed by atoms with E-state index in [-0.39, 0.29) is 17.1 Å². The van der Waals surface area contributed by atoms with Gasteiger partial charge in [-0.3, -0.25) is 4.79 Å². The molecular formula is C12H12O4. The normalized spacial score (nSPS) is 10.4. The minimum Gasteiger partial charge on any atom is -0.507 e. The molecule has 0 bridgehead atoms. The molecule has 1 N–H and O–H groups in total. The number of carbonyl (C=O) groups is 2. The molecule has 1 rings (SSSR count). The highest BCUT2D eigenvalue weighted by Crippen LogP contribution is 2.19. The van der Waals surface area contributed by atoms with E-state index in [0.29, 0.717) is 5.56 Å². The maximum absolute atomic E-state index is 11.1. The summed E-state index contributed by atoms with van der Waals surface area (Å²) in [5, 5.41) is 9.39. The fraction of sp³-hybridized carbons (Fsp3) is 0.167. The van der Waals surface area contributed by atoms with E-state index in [4.69, 9.17) is 0 Å². The van der Waals surface area contributed by atoms with Crippen LogP contribution in [0.4, 0.5) is 0 Å². The van der Waals surface area contributed by atoms with Crippen LogP contribution < -0.4 is 0 Å². The van der Waals surface area contributed by atoms with Crippen LogP contribution in [0.15, 0.2) is 24.3 Å². The summed E-state index contributed by atoms with van der Waals surface area (Å²) in [6.07, 6.45) is 2.76. The summed E-state index contributed by atoms with van der Waals surface area (Å²) < 4.78 is 4.43. The van der Waals surface area contributed by atoms with Crippen molar-refractivity contribution in [3.8, 4) is 5.75 Å². The molecule has 0 saturated heterocycles. The lowest BCUT2D eigenvalue weighted by atomic mass is 10.1. The van der Waals surface area contributed by atoms with Crippen LogP contribution in [0.5, 0.6) is 5.75 Å². The van der Waals surface area contributed by atoms with Gasteiger partial charge in [-0.05, 0) is 30.7 Å². The molecule has 0 heterocycles. The lowest BCUT2D eigenvalue weighted by Gasteiger charge is -2.01. The Kier molecular flexibility index (Phi) is 3.83. The maximum atomic E-state index is 11.1. The van der Waals surface area contributed by atoms with Crippen molar-refractivity contribution >= 4 is 17.8 Å². The van der Waals surface area contributed by atoms with Crippen LogP contribution in [0.1, 0.15) is 22.8 Å². The summed E-state index contributed by atoms with van der Waals surface area (Å²) in [5.74, 6) is -0.772. The Bertz CT molecular complexity index is 446. The van der Waals surface area contributed by atoms with Gasteiger partial charge in [-0.15, -0.1) is 0 Å². The van der Waals surface area contributed by atoms with Crippen LogP contribution in [-0.2, 0) is 9.53 Å². The number of hydrogen-bond donors (Lipinski definition) is 1. The average Bonchev–Trinajstić information content (AvgIpc) is 2.27. The van der Waals surface area contributed by atoms with Gasteiger partial charge in [-0.1, -0.05) is 6.07 Å². The third-order valence-electron chi connectivity index (χ3n) is 2.01. The van der Waals surface area contributed by atoms with Crippen molar-refractivity contribution in [1.29, 1.82) is 0 Å². The van der Waals surface area contributed by atoms with E-state index in [0.717, 1.165) is 0 Å². The summed E-state index contributed by atoms with van der Waals surface area (Å²) in [4.78, 5) is 22.0. The highest BCUT2D eigenvalue weighted by Gasteiger charge is 2.06. The molecular weight excluding hydrogens is 208 g/mol. The topological polar surface area (TPSA) is 63.6 Å². The average molecular weight is 220 g/mol. The van der Waals surface area contributed by atoms with Gasteiger partial charge in [-0.2, -0.15) is 0 Å². The molecule has 84 valence electrons. The Morgan fingerprint density at radius 2 is 2.06 bits per heavy atom. The molecule has 1 aromatic rings. The molecule has 0 unspecified atom stereocenters. The molecule has 4 heteroatoms. The highest BCUT2D eigenvalue weighted by atomic mass is 16.5. The van der Waals surface area contributed by atoms with E-state index >= 15 is 0 Å². The lowest BCUT2D eigenvalue weighted by molar-refractivity contribution is -0.134. The maximum Gasteiger partial charge on any atom is 0.330 e. The molecule has 16 heavy (non-hydrogen) atoms. The molecule has 1 aromatic carbocycles. The molecule has 4 nitrogen and oxygen atoms in total. The number of esters is 1. The SMILES string of the molecule is COC(=O)/C=C/c1ccc(O)c(C(C)=O)c1. The van der Waals surface area contributed by atoms with Crippen LogP contribution >= 0.6 is 0 Å². The standard InChI is InChI=1S/C12H12O4/c1-8(13)10-7-9(3-5-11(10)14)4-6-12(15)16-2/h3-7,14H,1-2H3/b6-4+. The van der Waals surface area contributed by atoms with Gasteiger partial charge in [0, 0.05) is 6.08 Å². The largest absolute Gasteiger partial charge is 0.507 e. The first-order chi connectivity index (χ1) is 7.54. The van der Waals surface area contributed by atoms with Crippen LogP contribution in [-0.4, -0.2) is 24.0 Å². The van der Waals surface area contributed by atoms with Crippen molar-refractivity contribution < 1.29 is 19.4 Å². The summed E-state index contributed by atoms with van der Waals surface area (Å²) in [6, 6.07) is 4.52. The van der Waals surface area contributed by atoms with Gasteiger partial charge in [0.05, 0.1) is 12.7 Å². The van der Waals surface area contributed by atoms with Gasteiger partial charge in [0.15, 0.2) is 5.78 Å². The van der Waals surface area contributed by atoms with E-state index in [1.807, 2.05) is 0 Å². The molecule has 0 radical (unpaired) electrons. The summed E-state index contributed by atoms with van der Waals surface area (Å²) in [6.45, 7) is 1.36. The van der Waals surface area contributed by atoms with Gasteiger partial charge in [0.2, 0.25) is 0 Å². The first-order valence-corrected chi connectivity index (χ1v) is 4.64. The minimum absolute atomic E-state index is 0.0669. The number of hydrogen-bond acceptors (Lipinski definition) is 4. The molecule has 0 saturated carbocycles. The molecule has 0 aliphatic heterocycles. The fourth-order valence-electron chi connectivity index (χ4n) is 1.17. The van der Waals surface area contributed by atoms with Crippen LogP contribution in [0.3, 0.4) is 0 Å². The smallest absolute Gasteiger partial charge is 0.330 e. The number of aromatic hydroxyl groups is 1. The minimum atomic E-state index is -0.475. The first-order valence-electron chi connectivity index (χ1n) is 4.64. The molecule has 0 aliphatic rings. The second-order valence-corrected chi connectivity index (χ2v) is 3.19. The number of ether oxygens (including phenoxy) is 1. The lowest BCUT2D eigenvalue weighted by Crippen LogP contribution is -1.95. The van der Waals surface area contributed by atoms with E-state index in [2.05, 4.69) is 4.74 Å². The third kappa shape index (κ3) is 2.95. The Labute approximate surface area is 93.2 Å². The van der Waals surface area contributed by atoms with Crippen LogP contribution in [0.25, 0.3) is 6.08 Å². The summed E-state index contributed by atoms with van der Waals surface area (Å²) >= 11 is 0. The zero-order chi connectivity index (χ0) is 12.1. The molecule has 0 spiro atoms. The van der Waals surface area contributed by atoms with Crippen molar-refractivity contribution in [3.05, 3.63) is 35.4 Å². The van der Waals surface area contributed by atoms with Crippen LogP contribution in [0.2, 0.25) is 0 Å². The second kappa shape index (κ2) is 5.11. The van der Waals surface area contributed by atoms with E-state index in [1.54, 1.807) is 6.07 Å². The number of rotatable bonds is 3. The molecule has 0 amide bonds. The zero-order valence-corrected chi connectivity index (χ0v) is 9.06. The van der Waals surface area contributed by atoms with Gasteiger partial charge in [-0.25, -0.2) is 4.79 Å². The Balaban J connectivity index is 2.99. The van der Waals surface area contributed by atoms with E-state index in [9.17, 15) is 14.7 Å². The predicted molar refractivity (Wildman–Crippen MR) is 59.2 cm³/mol. The van der Waals surface area contributed by atoms with Gasteiger partial charge >= 0.3 is 5.97 Å². The predicted octanol–water partition coefficient (Wildman–Crippen LogP) is 1.78. The monoisotopic (exact) mass is 220 g/mol. The Morgan fingerprint density at radius 1 is 1.38 bits per heavy atom. The fourth-order valence-corrected chi connectivity index (χ4v) is 1.17. The Hall–Kier alpha value is -2.10. The van der Waals surface area contributed by atoms with Crippen molar-refractivity contribution in [1.82, 2.24) is 0 Å². The number of benzene rings is 1. The van der Waals surface area contributed by atoms with Crippen LogP contribution in [0, 0.1) is 0 Å². The summed E-state index contributed by atoms with van der Waals surface area (Å²) in [5.41, 5.74) is 0.875. The van der Waals surface area contributed by atoms with Gasteiger partial charge < -0.3 is 9.84 Å². The molecule has 0 fully saturated rings.